The van der Waals surface area contributed by atoms with Crippen LogP contribution in [0.25, 0.3) is 0 Å². The van der Waals surface area contributed by atoms with E-state index in [1.54, 1.807) is 0 Å². The Kier molecular flexibility index (Phi) is 5.62. The molecule has 144 valence electrons. The van der Waals surface area contributed by atoms with Crippen LogP contribution in [0.15, 0.2) is 36.5 Å². The van der Waals surface area contributed by atoms with Gasteiger partial charge in [-0.2, -0.15) is 13.2 Å². The zero-order chi connectivity index (χ0) is 19.4. The standard InChI is InChI=1S/C19H21F3N4O/c1-2-15-8-3-4-11-26(15)17(27)16-9-10-23-18(25-16)24-14-7-5-6-13(12-14)19(20,21)22/h5-7,9-10,12,15H,2-4,8,11H2,1H3,(H,23,24,25). The molecule has 1 saturated heterocycles. The maximum Gasteiger partial charge on any atom is 0.416 e. The number of rotatable bonds is 4. The van der Waals surface area contributed by atoms with Crippen LogP contribution in [-0.4, -0.2) is 33.4 Å². The van der Waals surface area contributed by atoms with Crippen molar-refractivity contribution < 1.29 is 18.0 Å². The molecule has 27 heavy (non-hydrogen) atoms. The van der Waals surface area contributed by atoms with Crippen molar-refractivity contribution in [3.63, 3.8) is 0 Å². The number of likely N-dealkylation sites (tertiary alicyclic amines) is 1. The molecule has 1 aliphatic rings. The van der Waals surface area contributed by atoms with E-state index in [1.807, 2.05) is 4.90 Å². The van der Waals surface area contributed by atoms with Gasteiger partial charge in [-0.15, -0.1) is 0 Å². The quantitative estimate of drug-likeness (QED) is 0.842. The van der Waals surface area contributed by atoms with Gasteiger partial charge in [0.1, 0.15) is 5.69 Å². The van der Waals surface area contributed by atoms with Crippen LogP contribution < -0.4 is 5.32 Å². The van der Waals surface area contributed by atoms with Crippen LogP contribution in [0.5, 0.6) is 0 Å². The summed E-state index contributed by atoms with van der Waals surface area (Å²) >= 11 is 0. The first kappa shape index (κ1) is 19.1. The number of benzene rings is 1. The van der Waals surface area contributed by atoms with E-state index >= 15 is 0 Å². The lowest BCUT2D eigenvalue weighted by atomic mass is 9.99. The van der Waals surface area contributed by atoms with E-state index in [0.29, 0.717) is 6.54 Å². The van der Waals surface area contributed by atoms with Crippen LogP contribution in [0, 0.1) is 0 Å². The van der Waals surface area contributed by atoms with Crippen LogP contribution in [-0.2, 0) is 6.18 Å². The smallest absolute Gasteiger partial charge is 0.334 e. The van der Waals surface area contributed by atoms with E-state index in [4.69, 9.17) is 0 Å². The van der Waals surface area contributed by atoms with Gasteiger partial charge in [0.15, 0.2) is 0 Å². The second-order valence-corrected chi connectivity index (χ2v) is 6.53. The molecular weight excluding hydrogens is 357 g/mol. The van der Waals surface area contributed by atoms with Crippen LogP contribution in [0.2, 0.25) is 0 Å². The van der Waals surface area contributed by atoms with Crippen molar-refractivity contribution >= 4 is 17.5 Å². The number of carbonyl (C=O) groups excluding carboxylic acids is 1. The Balaban J connectivity index is 1.79. The fourth-order valence-corrected chi connectivity index (χ4v) is 3.28. The van der Waals surface area contributed by atoms with E-state index < -0.39 is 11.7 Å². The summed E-state index contributed by atoms with van der Waals surface area (Å²) in [5.74, 6) is -0.0822. The molecule has 8 heteroatoms. The van der Waals surface area contributed by atoms with Crippen molar-refractivity contribution in [1.29, 1.82) is 0 Å². The first-order valence-electron chi connectivity index (χ1n) is 8.97. The topological polar surface area (TPSA) is 58.1 Å². The molecule has 3 rings (SSSR count). The van der Waals surface area contributed by atoms with Gasteiger partial charge in [0.2, 0.25) is 5.95 Å². The van der Waals surface area contributed by atoms with E-state index in [2.05, 4.69) is 22.2 Å². The fraction of sp³-hybridized carbons (Fsp3) is 0.421. The van der Waals surface area contributed by atoms with Gasteiger partial charge >= 0.3 is 6.18 Å². The molecule has 5 nitrogen and oxygen atoms in total. The van der Waals surface area contributed by atoms with Crippen molar-refractivity contribution in [2.75, 3.05) is 11.9 Å². The third-order valence-corrected chi connectivity index (χ3v) is 4.68. The lowest BCUT2D eigenvalue weighted by Crippen LogP contribution is -2.43. The Morgan fingerprint density at radius 1 is 1.30 bits per heavy atom. The number of amides is 1. The third-order valence-electron chi connectivity index (χ3n) is 4.68. The van der Waals surface area contributed by atoms with Crippen molar-refractivity contribution in [3.8, 4) is 0 Å². The Hall–Kier alpha value is -2.64. The van der Waals surface area contributed by atoms with Crippen molar-refractivity contribution in [2.45, 2.75) is 44.8 Å². The number of nitrogens with zero attached hydrogens (tertiary/aromatic N) is 3. The molecule has 0 saturated carbocycles. The minimum atomic E-state index is -4.43. The number of anilines is 2. The minimum absolute atomic E-state index is 0.0882. The summed E-state index contributed by atoms with van der Waals surface area (Å²) < 4.78 is 38.5. The number of alkyl halides is 3. The number of aromatic nitrogens is 2. The van der Waals surface area contributed by atoms with Crippen molar-refractivity contribution in [2.24, 2.45) is 0 Å². The Morgan fingerprint density at radius 2 is 2.11 bits per heavy atom. The van der Waals surface area contributed by atoms with Crippen LogP contribution >= 0.6 is 0 Å². The highest BCUT2D eigenvalue weighted by atomic mass is 19.4. The molecule has 0 aliphatic carbocycles. The number of hydrogen-bond acceptors (Lipinski definition) is 4. The zero-order valence-corrected chi connectivity index (χ0v) is 15.0. The molecule has 0 radical (unpaired) electrons. The maximum atomic E-state index is 12.8. The summed E-state index contributed by atoms with van der Waals surface area (Å²) in [5.41, 5.74) is -0.322. The first-order chi connectivity index (χ1) is 12.9. The largest absolute Gasteiger partial charge is 0.416 e. The van der Waals surface area contributed by atoms with Gasteiger partial charge in [-0.25, -0.2) is 9.97 Å². The normalized spacial score (nSPS) is 17.6. The Morgan fingerprint density at radius 3 is 2.85 bits per heavy atom. The van der Waals surface area contributed by atoms with Gasteiger partial charge in [0.25, 0.3) is 5.91 Å². The molecule has 2 aromatic rings. The fourth-order valence-electron chi connectivity index (χ4n) is 3.28. The number of hydrogen-bond donors (Lipinski definition) is 1. The molecule has 1 fully saturated rings. The number of carbonyl (C=O) groups is 1. The van der Waals surface area contributed by atoms with E-state index in [0.717, 1.165) is 37.8 Å². The molecular formula is C19H21F3N4O. The number of halogens is 3. The number of nitrogens with one attached hydrogen (secondary N) is 1. The maximum absolute atomic E-state index is 12.8. The van der Waals surface area contributed by atoms with Gasteiger partial charge in [0, 0.05) is 24.5 Å². The summed E-state index contributed by atoms with van der Waals surface area (Å²) in [6.45, 7) is 2.74. The van der Waals surface area contributed by atoms with E-state index in [-0.39, 0.29) is 29.3 Å². The zero-order valence-electron chi connectivity index (χ0n) is 15.0. The predicted octanol–water partition coefficient (Wildman–Crippen LogP) is 4.64. The van der Waals surface area contributed by atoms with E-state index in [1.165, 1.54) is 24.4 Å². The van der Waals surface area contributed by atoms with Gasteiger partial charge in [-0.3, -0.25) is 4.79 Å². The highest BCUT2D eigenvalue weighted by Gasteiger charge is 2.30. The average Bonchev–Trinajstić information content (AvgIpc) is 2.67. The second kappa shape index (κ2) is 7.94. The Labute approximate surface area is 155 Å². The highest BCUT2D eigenvalue weighted by molar-refractivity contribution is 5.92. The average molecular weight is 378 g/mol. The summed E-state index contributed by atoms with van der Waals surface area (Å²) in [6, 6.07) is 6.50. The van der Waals surface area contributed by atoms with Crippen molar-refractivity contribution in [1.82, 2.24) is 14.9 Å². The van der Waals surface area contributed by atoms with Gasteiger partial charge in [-0.1, -0.05) is 13.0 Å². The van der Waals surface area contributed by atoms with Crippen molar-refractivity contribution in [3.05, 3.63) is 47.8 Å². The van der Waals surface area contributed by atoms with Crippen LogP contribution in [0.1, 0.15) is 48.7 Å². The van der Waals surface area contributed by atoms with E-state index in [9.17, 15) is 18.0 Å². The third kappa shape index (κ3) is 4.56. The monoisotopic (exact) mass is 378 g/mol. The minimum Gasteiger partial charge on any atom is -0.334 e. The number of piperidine rings is 1. The van der Waals surface area contributed by atoms with Gasteiger partial charge in [0.05, 0.1) is 5.56 Å². The summed E-state index contributed by atoms with van der Waals surface area (Å²) in [6.07, 6.45) is 0.923. The molecule has 1 amide bonds. The summed E-state index contributed by atoms with van der Waals surface area (Å²) in [5, 5.41) is 2.75. The molecule has 1 aliphatic heterocycles. The van der Waals surface area contributed by atoms with Gasteiger partial charge in [-0.05, 0) is 49.9 Å². The Bertz CT molecular complexity index is 810. The van der Waals surface area contributed by atoms with Crippen LogP contribution in [0.4, 0.5) is 24.8 Å². The molecule has 1 unspecified atom stereocenters. The van der Waals surface area contributed by atoms with Gasteiger partial charge < -0.3 is 10.2 Å². The lowest BCUT2D eigenvalue weighted by Gasteiger charge is -2.35. The molecule has 1 N–H and O–H groups in total. The second-order valence-electron chi connectivity index (χ2n) is 6.53. The predicted molar refractivity (Wildman–Crippen MR) is 95.7 cm³/mol. The first-order valence-corrected chi connectivity index (χ1v) is 8.97. The highest BCUT2D eigenvalue weighted by Crippen LogP contribution is 2.31. The lowest BCUT2D eigenvalue weighted by molar-refractivity contribution is -0.137. The molecule has 1 atom stereocenters. The molecule has 1 aromatic heterocycles. The molecule has 0 bridgehead atoms. The van der Waals surface area contributed by atoms with Crippen LogP contribution in [0.3, 0.4) is 0 Å². The SMILES string of the molecule is CCC1CCCCN1C(=O)c1ccnc(Nc2cccc(C(F)(F)F)c2)n1. The summed E-state index contributed by atoms with van der Waals surface area (Å²) in [4.78, 5) is 22.9. The molecule has 1 aromatic carbocycles. The molecule has 2 heterocycles. The molecule has 0 spiro atoms. The summed E-state index contributed by atoms with van der Waals surface area (Å²) in [7, 11) is 0.